The normalized spacial score (nSPS) is 13.8. The predicted molar refractivity (Wildman–Crippen MR) is 124 cm³/mol. The Morgan fingerprint density at radius 1 is 1.21 bits per heavy atom. The molecule has 2 heterocycles. The number of alkyl carbamates (subject to hydrolysis) is 1. The highest BCUT2D eigenvalue weighted by Gasteiger charge is 2.35. The molecule has 1 aromatic carbocycles. The van der Waals surface area contributed by atoms with Crippen molar-refractivity contribution in [3.05, 3.63) is 47.1 Å². The Bertz CT molecular complexity index is 1240. The van der Waals surface area contributed by atoms with Crippen LogP contribution in [-0.2, 0) is 27.8 Å². The Labute approximate surface area is 196 Å². The summed E-state index contributed by atoms with van der Waals surface area (Å²) in [6.07, 6.45) is 4.08. The van der Waals surface area contributed by atoms with E-state index in [9.17, 15) is 13.2 Å². The molecule has 12 heteroatoms. The van der Waals surface area contributed by atoms with Gasteiger partial charge in [0.1, 0.15) is 5.52 Å². The Morgan fingerprint density at radius 3 is 2.70 bits per heavy atom. The number of aromatic nitrogens is 4. The molecule has 1 amide bonds. The van der Waals surface area contributed by atoms with E-state index in [1.807, 2.05) is 11.5 Å². The number of anilines is 1. The van der Waals surface area contributed by atoms with Crippen molar-refractivity contribution in [2.75, 3.05) is 11.3 Å². The second-order valence-corrected chi connectivity index (χ2v) is 10.2. The van der Waals surface area contributed by atoms with Gasteiger partial charge in [0, 0.05) is 18.8 Å². The number of benzene rings is 1. The van der Waals surface area contributed by atoms with Gasteiger partial charge in [-0.2, -0.15) is 4.98 Å². The van der Waals surface area contributed by atoms with Crippen molar-refractivity contribution in [3.63, 3.8) is 0 Å². The lowest BCUT2D eigenvalue weighted by atomic mass is 10.2. The Morgan fingerprint density at radius 2 is 1.97 bits per heavy atom. The minimum absolute atomic E-state index is 0.191. The number of carbonyl (C=O) groups is 1. The number of unbranched alkanes of at least 4 members (excludes halogenated alkanes) is 1. The highest BCUT2D eigenvalue weighted by molar-refractivity contribution is 7.93. The zero-order chi connectivity index (χ0) is 23.4. The van der Waals surface area contributed by atoms with Gasteiger partial charge in [0.05, 0.1) is 23.9 Å². The first-order valence-electron chi connectivity index (χ1n) is 10.7. The van der Waals surface area contributed by atoms with E-state index in [4.69, 9.17) is 16.3 Å². The molecule has 4 rings (SSSR count). The quantitative estimate of drug-likeness (QED) is 0.328. The molecule has 1 aliphatic rings. The van der Waals surface area contributed by atoms with E-state index in [-0.39, 0.29) is 23.7 Å². The molecule has 33 heavy (non-hydrogen) atoms. The van der Waals surface area contributed by atoms with Crippen LogP contribution in [0.3, 0.4) is 0 Å². The van der Waals surface area contributed by atoms with Gasteiger partial charge in [-0.15, -0.1) is 0 Å². The van der Waals surface area contributed by atoms with Gasteiger partial charge in [-0.25, -0.2) is 23.2 Å². The van der Waals surface area contributed by atoms with E-state index in [1.165, 1.54) is 0 Å². The third-order valence-corrected chi connectivity index (χ3v) is 7.29. The number of nitrogens with zero attached hydrogens (tertiary/aromatic N) is 4. The number of amides is 1. The molecule has 3 aromatic rings. The fourth-order valence-electron chi connectivity index (χ4n) is 3.31. The number of nitrogens with one attached hydrogen (secondary N) is 2. The maximum atomic E-state index is 12.0. The molecule has 1 fully saturated rings. The third-order valence-electron chi connectivity index (χ3n) is 5.25. The molecule has 2 aromatic heterocycles. The minimum Gasteiger partial charge on any atom is -0.450 e. The summed E-state index contributed by atoms with van der Waals surface area (Å²) in [5.41, 5.74) is 3.51. The van der Waals surface area contributed by atoms with E-state index in [2.05, 4.69) is 25.0 Å². The van der Waals surface area contributed by atoms with E-state index < -0.39 is 16.1 Å². The second-order valence-electron chi connectivity index (χ2n) is 7.93. The van der Waals surface area contributed by atoms with Crippen molar-refractivity contribution in [2.24, 2.45) is 0 Å². The average Bonchev–Trinajstić information content (AvgIpc) is 3.56. The monoisotopic (exact) mass is 492 g/mol. The van der Waals surface area contributed by atoms with Gasteiger partial charge in [-0.1, -0.05) is 12.1 Å². The largest absolute Gasteiger partial charge is 0.450 e. The SMILES string of the molecule is Cc1nc(Cl)nc2c1ncn2CCCCOC(=O)NCc1ccc(NS(=O)(=O)C2CC2)cc1. The van der Waals surface area contributed by atoms with E-state index in [1.54, 1.807) is 30.6 Å². The summed E-state index contributed by atoms with van der Waals surface area (Å²) in [5, 5.41) is 2.61. The van der Waals surface area contributed by atoms with E-state index in [0.717, 1.165) is 23.2 Å². The Hall–Kier alpha value is -2.92. The summed E-state index contributed by atoms with van der Waals surface area (Å²) in [6, 6.07) is 6.89. The lowest BCUT2D eigenvalue weighted by Crippen LogP contribution is -2.24. The topological polar surface area (TPSA) is 128 Å². The molecular formula is C21H25ClN6O4S. The van der Waals surface area contributed by atoms with Gasteiger partial charge < -0.3 is 14.6 Å². The van der Waals surface area contributed by atoms with Gasteiger partial charge in [-0.05, 0) is 61.9 Å². The number of ether oxygens (including phenoxy) is 1. The highest BCUT2D eigenvalue weighted by atomic mass is 35.5. The second kappa shape index (κ2) is 9.92. The summed E-state index contributed by atoms with van der Waals surface area (Å²) < 4.78 is 33.6. The number of hydrogen-bond acceptors (Lipinski definition) is 7. The maximum Gasteiger partial charge on any atom is 0.407 e. The van der Waals surface area contributed by atoms with Crippen LogP contribution in [0.25, 0.3) is 11.2 Å². The lowest BCUT2D eigenvalue weighted by molar-refractivity contribution is 0.143. The molecule has 0 aliphatic heterocycles. The number of sulfonamides is 1. The van der Waals surface area contributed by atoms with Crippen LogP contribution in [0, 0.1) is 6.92 Å². The maximum absolute atomic E-state index is 12.0. The zero-order valence-electron chi connectivity index (χ0n) is 18.1. The number of fused-ring (bicyclic) bond motifs is 1. The molecule has 0 saturated heterocycles. The lowest BCUT2D eigenvalue weighted by Gasteiger charge is -2.09. The molecule has 1 saturated carbocycles. The number of imidazole rings is 1. The van der Waals surface area contributed by atoms with Crippen molar-refractivity contribution in [3.8, 4) is 0 Å². The van der Waals surface area contributed by atoms with Gasteiger partial charge >= 0.3 is 6.09 Å². The standard InChI is InChI=1S/C21H25ClN6O4S/c1-14-18-19(26-20(22)25-14)28(13-24-18)10-2-3-11-32-21(29)23-12-15-4-6-16(7-5-15)27-33(30,31)17-8-9-17/h4-7,13,17,27H,2-3,8-12H2,1H3,(H,23,29). The van der Waals surface area contributed by atoms with Crippen molar-refractivity contribution in [2.45, 2.75) is 50.9 Å². The Kier molecular flexibility index (Phi) is 6.99. The average molecular weight is 493 g/mol. The molecule has 176 valence electrons. The fourth-order valence-corrected chi connectivity index (χ4v) is 4.90. The van der Waals surface area contributed by atoms with Gasteiger partial charge in [0.15, 0.2) is 5.65 Å². The first-order valence-corrected chi connectivity index (χ1v) is 12.6. The first kappa shape index (κ1) is 23.2. The van der Waals surface area contributed by atoms with Crippen LogP contribution < -0.4 is 10.0 Å². The van der Waals surface area contributed by atoms with Crippen molar-refractivity contribution >= 4 is 44.6 Å². The summed E-state index contributed by atoms with van der Waals surface area (Å²) >= 11 is 5.94. The molecule has 0 unspecified atom stereocenters. The van der Waals surface area contributed by atoms with Crippen molar-refractivity contribution < 1.29 is 17.9 Å². The molecule has 10 nitrogen and oxygen atoms in total. The molecule has 1 aliphatic carbocycles. The first-order chi connectivity index (χ1) is 15.8. The summed E-state index contributed by atoms with van der Waals surface area (Å²) in [7, 11) is -3.28. The van der Waals surface area contributed by atoms with Gasteiger partial charge in [0.25, 0.3) is 0 Å². The van der Waals surface area contributed by atoms with Crippen LogP contribution in [-0.4, -0.2) is 45.9 Å². The van der Waals surface area contributed by atoms with E-state index >= 15 is 0 Å². The molecule has 0 bridgehead atoms. The van der Waals surface area contributed by atoms with Gasteiger partial charge in [0.2, 0.25) is 15.3 Å². The predicted octanol–water partition coefficient (Wildman–Crippen LogP) is 3.40. The van der Waals surface area contributed by atoms with E-state index in [0.29, 0.717) is 37.1 Å². The van der Waals surface area contributed by atoms with Crippen LogP contribution in [0.15, 0.2) is 30.6 Å². The highest BCUT2D eigenvalue weighted by Crippen LogP contribution is 2.29. The van der Waals surface area contributed by atoms with Crippen molar-refractivity contribution in [1.29, 1.82) is 0 Å². The number of halogens is 1. The molecule has 2 N–H and O–H groups in total. The van der Waals surface area contributed by atoms with Crippen LogP contribution >= 0.6 is 11.6 Å². The molecule has 0 atom stereocenters. The summed E-state index contributed by atoms with van der Waals surface area (Å²) in [4.78, 5) is 24.6. The molecule has 0 radical (unpaired) electrons. The number of carbonyl (C=O) groups excluding carboxylic acids is 1. The van der Waals surface area contributed by atoms with Crippen molar-refractivity contribution in [1.82, 2.24) is 24.8 Å². The Balaban J connectivity index is 1.15. The van der Waals surface area contributed by atoms with Crippen LogP contribution in [0.4, 0.5) is 10.5 Å². The fraction of sp³-hybridized carbons (Fsp3) is 0.429. The number of rotatable bonds is 10. The number of aryl methyl sites for hydroxylation is 2. The smallest absolute Gasteiger partial charge is 0.407 e. The summed E-state index contributed by atoms with van der Waals surface area (Å²) in [5.74, 6) is 0. The minimum atomic E-state index is -3.28. The molecular weight excluding hydrogens is 468 g/mol. The summed E-state index contributed by atoms with van der Waals surface area (Å²) in [6.45, 7) is 3.08. The van der Waals surface area contributed by atoms with Gasteiger partial charge in [-0.3, -0.25) is 4.72 Å². The van der Waals surface area contributed by atoms with Crippen LogP contribution in [0.2, 0.25) is 5.28 Å². The molecule has 0 spiro atoms. The van der Waals surface area contributed by atoms with Crippen LogP contribution in [0.5, 0.6) is 0 Å². The van der Waals surface area contributed by atoms with Crippen LogP contribution in [0.1, 0.15) is 36.9 Å². The number of hydrogen-bond donors (Lipinski definition) is 2. The third kappa shape index (κ3) is 6.11. The zero-order valence-corrected chi connectivity index (χ0v) is 19.7.